The molecule has 1 heterocycles. The Balaban J connectivity index is 0.00000312. The van der Waals surface area contributed by atoms with E-state index in [2.05, 4.69) is 17.6 Å². The Labute approximate surface area is 153 Å². The molecule has 1 aromatic rings. The van der Waals surface area contributed by atoms with Crippen LogP contribution in [0.25, 0.3) is 0 Å². The quantitative estimate of drug-likeness (QED) is 0.720. The summed E-state index contributed by atoms with van der Waals surface area (Å²) in [6.45, 7) is 3.30. The molecule has 0 bridgehead atoms. The normalized spacial score (nSPS) is 14.4. The number of anilines is 1. The average molecular weight is 369 g/mol. The molecule has 1 fully saturated rings. The Kier molecular flexibility index (Phi) is 8.37. The van der Waals surface area contributed by atoms with Crippen LogP contribution in [0.1, 0.15) is 30.1 Å². The van der Waals surface area contributed by atoms with Gasteiger partial charge in [0, 0.05) is 13.1 Å². The number of carbonyl (C=O) groups excluding carboxylic acids is 3. The van der Waals surface area contributed by atoms with Gasteiger partial charge in [-0.05, 0) is 30.9 Å². The number of nitrogens with zero attached hydrogens (tertiary/aromatic N) is 1. The van der Waals surface area contributed by atoms with Crippen LogP contribution in [0.5, 0.6) is 0 Å². The highest BCUT2D eigenvalue weighted by Crippen LogP contribution is 2.22. The number of hydrogen-bond acceptors (Lipinski definition) is 4. The van der Waals surface area contributed by atoms with E-state index in [-0.39, 0.29) is 31.4 Å². The van der Waals surface area contributed by atoms with Crippen molar-refractivity contribution in [1.82, 2.24) is 10.2 Å². The molecule has 7 nitrogen and oxygen atoms in total. The molecule has 4 N–H and O–H groups in total. The Bertz CT molecular complexity index is 616. The molecule has 138 valence electrons. The molecule has 8 heteroatoms. The number of rotatable bonds is 5. The monoisotopic (exact) mass is 368 g/mol. The summed E-state index contributed by atoms with van der Waals surface area (Å²) in [4.78, 5) is 37.6. The molecule has 1 aliphatic heterocycles. The average Bonchev–Trinajstić information content (AvgIpc) is 2.60. The Morgan fingerprint density at radius 1 is 1.16 bits per heavy atom. The van der Waals surface area contributed by atoms with Crippen molar-refractivity contribution in [1.29, 1.82) is 0 Å². The second kappa shape index (κ2) is 10.0. The fraction of sp³-hybridized carbons (Fsp3) is 0.471. The Morgan fingerprint density at radius 3 is 2.44 bits per heavy atom. The zero-order valence-electron chi connectivity index (χ0n) is 14.3. The van der Waals surface area contributed by atoms with Crippen LogP contribution in [-0.2, 0) is 9.59 Å². The van der Waals surface area contributed by atoms with Crippen LogP contribution >= 0.6 is 12.4 Å². The van der Waals surface area contributed by atoms with Crippen LogP contribution < -0.4 is 16.4 Å². The number of benzene rings is 1. The van der Waals surface area contributed by atoms with Gasteiger partial charge in [-0.25, -0.2) is 0 Å². The lowest BCUT2D eigenvalue weighted by atomic mass is 9.98. The third-order valence-electron chi connectivity index (χ3n) is 4.13. The minimum Gasteiger partial charge on any atom is -0.346 e. The Hall–Kier alpha value is -2.12. The number of carbonyl (C=O) groups is 3. The van der Waals surface area contributed by atoms with Crippen molar-refractivity contribution in [2.75, 3.05) is 31.5 Å². The molecular formula is C17H25ClN4O3. The summed E-state index contributed by atoms with van der Waals surface area (Å²) in [7, 11) is 0. The van der Waals surface area contributed by atoms with Crippen molar-refractivity contribution in [2.45, 2.75) is 19.8 Å². The highest BCUT2D eigenvalue weighted by atomic mass is 35.5. The molecule has 0 aromatic heterocycles. The molecule has 0 radical (unpaired) electrons. The summed E-state index contributed by atoms with van der Waals surface area (Å²) in [5, 5.41) is 5.07. The number of halogens is 1. The molecule has 1 aromatic carbocycles. The molecule has 1 aliphatic rings. The molecule has 0 spiro atoms. The number of amides is 3. The lowest BCUT2D eigenvalue weighted by molar-refractivity contribution is -0.123. The number of piperidine rings is 1. The molecule has 0 unspecified atom stereocenters. The van der Waals surface area contributed by atoms with E-state index >= 15 is 0 Å². The number of para-hydroxylation sites is 1. The standard InChI is InChI=1S/C17H24N4O3.ClH/c1-12-6-8-21(9-7-12)17(24)13-4-2-3-5-14(13)20-16(23)11-19-15(22)10-18;/h2-5,12H,6-11,18H2,1H3,(H,19,22)(H,20,23);1H. The molecule has 0 atom stereocenters. The maximum absolute atomic E-state index is 12.7. The predicted molar refractivity (Wildman–Crippen MR) is 98.7 cm³/mol. The topological polar surface area (TPSA) is 105 Å². The van der Waals surface area contributed by atoms with Gasteiger partial charge in [0.2, 0.25) is 11.8 Å². The van der Waals surface area contributed by atoms with Gasteiger partial charge in [-0.3, -0.25) is 14.4 Å². The second-order valence-electron chi connectivity index (χ2n) is 6.05. The van der Waals surface area contributed by atoms with Gasteiger partial charge < -0.3 is 21.3 Å². The van der Waals surface area contributed by atoms with Crippen LogP contribution in [-0.4, -0.2) is 48.8 Å². The minimum absolute atomic E-state index is 0. The molecule has 0 aliphatic carbocycles. The number of nitrogens with one attached hydrogen (secondary N) is 2. The maximum Gasteiger partial charge on any atom is 0.255 e. The lowest BCUT2D eigenvalue weighted by Gasteiger charge is -2.30. The first-order chi connectivity index (χ1) is 11.5. The van der Waals surface area contributed by atoms with Crippen molar-refractivity contribution in [2.24, 2.45) is 11.7 Å². The van der Waals surface area contributed by atoms with Crippen molar-refractivity contribution in [3.05, 3.63) is 29.8 Å². The largest absolute Gasteiger partial charge is 0.346 e. The van der Waals surface area contributed by atoms with Gasteiger partial charge in [0.1, 0.15) is 0 Å². The first kappa shape index (κ1) is 20.9. The van der Waals surface area contributed by atoms with E-state index in [1.807, 2.05) is 4.90 Å². The van der Waals surface area contributed by atoms with Crippen molar-refractivity contribution in [3.8, 4) is 0 Å². The van der Waals surface area contributed by atoms with Crippen LogP contribution in [0.15, 0.2) is 24.3 Å². The SMILES string of the molecule is CC1CCN(C(=O)c2ccccc2NC(=O)CNC(=O)CN)CC1.Cl. The van der Waals surface area contributed by atoms with E-state index in [0.717, 1.165) is 25.9 Å². The maximum atomic E-state index is 12.7. The van der Waals surface area contributed by atoms with Crippen LogP contribution in [0.4, 0.5) is 5.69 Å². The van der Waals surface area contributed by atoms with Crippen LogP contribution in [0.2, 0.25) is 0 Å². The molecule has 0 saturated carbocycles. The van der Waals surface area contributed by atoms with Gasteiger partial charge in [0.05, 0.1) is 24.3 Å². The summed E-state index contributed by atoms with van der Waals surface area (Å²) < 4.78 is 0. The molecule has 25 heavy (non-hydrogen) atoms. The molecule has 1 saturated heterocycles. The van der Waals surface area contributed by atoms with Crippen molar-refractivity contribution < 1.29 is 14.4 Å². The number of nitrogens with two attached hydrogens (primary N) is 1. The van der Waals surface area contributed by atoms with E-state index in [1.165, 1.54) is 0 Å². The van der Waals surface area contributed by atoms with Crippen molar-refractivity contribution in [3.63, 3.8) is 0 Å². The number of hydrogen-bond donors (Lipinski definition) is 3. The van der Waals surface area contributed by atoms with Crippen LogP contribution in [0.3, 0.4) is 0 Å². The minimum atomic E-state index is -0.406. The summed E-state index contributed by atoms with van der Waals surface area (Å²) in [5.74, 6) is -0.250. The van der Waals surface area contributed by atoms with Gasteiger partial charge in [0.15, 0.2) is 0 Å². The highest BCUT2D eigenvalue weighted by Gasteiger charge is 2.23. The zero-order valence-corrected chi connectivity index (χ0v) is 15.1. The third kappa shape index (κ3) is 6.03. The molecule has 2 rings (SSSR count). The van der Waals surface area contributed by atoms with Gasteiger partial charge in [0.25, 0.3) is 5.91 Å². The second-order valence-corrected chi connectivity index (χ2v) is 6.05. The fourth-order valence-corrected chi connectivity index (χ4v) is 2.61. The summed E-state index contributed by atoms with van der Waals surface area (Å²) >= 11 is 0. The van der Waals surface area contributed by atoms with Crippen LogP contribution in [0, 0.1) is 5.92 Å². The third-order valence-corrected chi connectivity index (χ3v) is 4.13. The highest BCUT2D eigenvalue weighted by molar-refractivity contribution is 6.04. The number of likely N-dealkylation sites (tertiary alicyclic amines) is 1. The van der Waals surface area contributed by atoms with Gasteiger partial charge in [-0.1, -0.05) is 19.1 Å². The van der Waals surface area contributed by atoms with E-state index in [0.29, 0.717) is 17.2 Å². The molecule has 3 amide bonds. The molecular weight excluding hydrogens is 344 g/mol. The lowest BCUT2D eigenvalue weighted by Crippen LogP contribution is -2.39. The summed E-state index contributed by atoms with van der Waals surface area (Å²) in [6, 6.07) is 6.91. The van der Waals surface area contributed by atoms with E-state index < -0.39 is 11.8 Å². The summed E-state index contributed by atoms with van der Waals surface area (Å²) in [5.41, 5.74) is 6.09. The first-order valence-corrected chi connectivity index (χ1v) is 8.16. The first-order valence-electron chi connectivity index (χ1n) is 8.16. The summed E-state index contributed by atoms with van der Waals surface area (Å²) in [6.07, 6.45) is 1.98. The Morgan fingerprint density at radius 2 is 1.80 bits per heavy atom. The van der Waals surface area contributed by atoms with E-state index in [4.69, 9.17) is 5.73 Å². The van der Waals surface area contributed by atoms with E-state index in [9.17, 15) is 14.4 Å². The smallest absolute Gasteiger partial charge is 0.255 e. The van der Waals surface area contributed by atoms with Gasteiger partial charge in [-0.2, -0.15) is 0 Å². The zero-order chi connectivity index (χ0) is 17.5. The predicted octanol–water partition coefficient (Wildman–Crippen LogP) is 0.994. The van der Waals surface area contributed by atoms with Crippen molar-refractivity contribution >= 4 is 35.8 Å². The van der Waals surface area contributed by atoms with Gasteiger partial charge in [-0.15, -0.1) is 12.4 Å². The van der Waals surface area contributed by atoms with Gasteiger partial charge >= 0.3 is 0 Å². The fourth-order valence-electron chi connectivity index (χ4n) is 2.61. The van der Waals surface area contributed by atoms with E-state index in [1.54, 1.807) is 24.3 Å².